The minimum atomic E-state index is 0.191. The summed E-state index contributed by atoms with van der Waals surface area (Å²) in [5.74, 6) is 0.543. The molecule has 0 saturated heterocycles. The highest BCUT2D eigenvalue weighted by atomic mass is 35.5. The van der Waals surface area contributed by atoms with Crippen molar-refractivity contribution in [1.29, 1.82) is 0 Å². The second kappa shape index (κ2) is 7.75. The fourth-order valence-electron chi connectivity index (χ4n) is 1.65. The highest BCUT2D eigenvalue weighted by molar-refractivity contribution is 6.21. The normalized spacial score (nSPS) is 27.9. The average Bonchev–Trinajstić information content (AvgIpc) is 2.20. The van der Waals surface area contributed by atoms with Gasteiger partial charge in [0, 0.05) is 5.88 Å². The summed E-state index contributed by atoms with van der Waals surface area (Å²) in [5.41, 5.74) is 0. The van der Waals surface area contributed by atoms with Crippen LogP contribution in [0.3, 0.4) is 0 Å². The molecular weight excluding hydrogens is 223 g/mol. The second-order valence-corrected chi connectivity index (χ2v) is 4.45. The van der Waals surface area contributed by atoms with Crippen LogP contribution in [0.1, 0.15) is 25.7 Å². The summed E-state index contributed by atoms with van der Waals surface area (Å²) in [7, 11) is 0. The topological polar surface area (TPSA) is 18.5 Å². The molecule has 0 bridgehead atoms. The summed E-state index contributed by atoms with van der Waals surface area (Å²) in [6.45, 7) is 1.84. The predicted molar refractivity (Wildman–Crippen MR) is 59.4 cm³/mol. The van der Waals surface area contributed by atoms with Crippen LogP contribution in [0.5, 0.6) is 0 Å². The number of hydrogen-bond donors (Lipinski definition) is 0. The Kier molecular flexibility index (Phi) is 6.96. The molecule has 2 atom stereocenters. The molecule has 0 amide bonds. The van der Waals surface area contributed by atoms with E-state index in [0.29, 0.717) is 25.7 Å². The van der Waals surface area contributed by atoms with Crippen LogP contribution in [-0.2, 0) is 9.47 Å². The summed E-state index contributed by atoms with van der Waals surface area (Å²) in [6, 6.07) is 0. The van der Waals surface area contributed by atoms with Gasteiger partial charge in [-0.05, 0) is 12.8 Å². The Balaban J connectivity index is 1.99. The predicted octanol–water partition coefficient (Wildman–Crippen LogP) is 2.81. The summed E-state index contributed by atoms with van der Waals surface area (Å²) >= 11 is 11.6. The molecule has 0 spiro atoms. The van der Waals surface area contributed by atoms with Gasteiger partial charge in [-0.15, -0.1) is 23.2 Å². The van der Waals surface area contributed by atoms with Crippen molar-refractivity contribution >= 4 is 23.2 Å². The van der Waals surface area contributed by atoms with Crippen molar-refractivity contribution in [2.75, 3.05) is 25.7 Å². The van der Waals surface area contributed by atoms with Crippen molar-refractivity contribution in [3.05, 3.63) is 0 Å². The second-order valence-electron chi connectivity index (χ2n) is 3.51. The molecule has 4 heteroatoms. The van der Waals surface area contributed by atoms with E-state index < -0.39 is 0 Å². The quantitative estimate of drug-likeness (QED) is 0.526. The Bertz CT molecular complexity index is 144. The van der Waals surface area contributed by atoms with Gasteiger partial charge in [-0.25, -0.2) is 0 Å². The van der Waals surface area contributed by atoms with Crippen LogP contribution in [0.25, 0.3) is 0 Å². The van der Waals surface area contributed by atoms with E-state index in [1.54, 1.807) is 0 Å². The highest BCUT2D eigenvalue weighted by Gasteiger charge is 2.23. The fourth-order valence-corrected chi connectivity index (χ4v) is 2.12. The monoisotopic (exact) mass is 240 g/mol. The summed E-state index contributed by atoms with van der Waals surface area (Å²) in [6.07, 6.45) is 4.86. The highest BCUT2D eigenvalue weighted by Crippen LogP contribution is 2.25. The number of rotatable bonds is 6. The Labute approximate surface area is 95.9 Å². The summed E-state index contributed by atoms with van der Waals surface area (Å²) < 4.78 is 10.9. The Morgan fingerprint density at radius 2 is 1.86 bits per heavy atom. The zero-order chi connectivity index (χ0) is 10.2. The lowest BCUT2D eigenvalue weighted by Gasteiger charge is -2.26. The van der Waals surface area contributed by atoms with E-state index in [1.165, 1.54) is 12.8 Å². The largest absolute Gasteiger partial charge is 0.378 e. The van der Waals surface area contributed by atoms with Crippen molar-refractivity contribution < 1.29 is 9.47 Å². The van der Waals surface area contributed by atoms with Crippen LogP contribution in [0, 0.1) is 0 Å². The molecule has 2 nitrogen and oxygen atoms in total. The Hall–Kier alpha value is 0.500. The molecule has 2 unspecified atom stereocenters. The third kappa shape index (κ3) is 4.83. The first kappa shape index (κ1) is 12.6. The number of alkyl halides is 2. The maximum Gasteiger partial charge on any atom is 0.0739 e. The first-order valence-corrected chi connectivity index (χ1v) is 6.21. The molecule has 84 valence electrons. The van der Waals surface area contributed by atoms with Crippen LogP contribution < -0.4 is 0 Å². The van der Waals surface area contributed by atoms with Crippen LogP contribution in [-0.4, -0.2) is 37.2 Å². The molecule has 1 aliphatic carbocycles. The zero-order valence-electron chi connectivity index (χ0n) is 8.38. The zero-order valence-corrected chi connectivity index (χ0v) is 9.90. The minimum Gasteiger partial charge on any atom is -0.378 e. The van der Waals surface area contributed by atoms with E-state index in [9.17, 15) is 0 Å². The minimum absolute atomic E-state index is 0.191. The van der Waals surface area contributed by atoms with Crippen molar-refractivity contribution in [2.24, 2.45) is 0 Å². The first-order chi connectivity index (χ1) is 6.84. The van der Waals surface area contributed by atoms with Crippen molar-refractivity contribution in [2.45, 2.75) is 37.2 Å². The molecule has 0 heterocycles. The third-order valence-corrected chi connectivity index (χ3v) is 3.06. The molecule has 14 heavy (non-hydrogen) atoms. The van der Waals surface area contributed by atoms with E-state index in [2.05, 4.69) is 0 Å². The Morgan fingerprint density at radius 1 is 1.07 bits per heavy atom. The van der Waals surface area contributed by atoms with Gasteiger partial charge in [0.25, 0.3) is 0 Å². The van der Waals surface area contributed by atoms with Gasteiger partial charge in [-0.2, -0.15) is 0 Å². The number of ether oxygens (including phenoxy) is 2. The van der Waals surface area contributed by atoms with Gasteiger partial charge < -0.3 is 9.47 Å². The van der Waals surface area contributed by atoms with Gasteiger partial charge >= 0.3 is 0 Å². The smallest absolute Gasteiger partial charge is 0.0739 e. The van der Waals surface area contributed by atoms with Gasteiger partial charge in [0.2, 0.25) is 0 Å². The van der Waals surface area contributed by atoms with Gasteiger partial charge in [-0.3, -0.25) is 0 Å². The maximum absolute atomic E-state index is 6.14. The summed E-state index contributed by atoms with van der Waals surface area (Å²) in [5, 5.41) is 0.191. The molecule has 0 aromatic heterocycles. The Morgan fingerprint density at radius 3 is 2.57 bits per heavy atom. The lowest BCUT2D eigenvalue weighted by Crippen LogP contribution is -2.29. The molecule has 1 rings (SSSR count). The fraction of sp³-hybridized carbons (Fsp3) is 1.00. The molecule has 1 aliphatic rings. The van der Waals surface area contributed by atoms with Gasteiger partial charge in [0.05, 0.1) is 31.3 Å². The first-order valence-electron chi connectivity index (χ1n) is 5.24. The molecule has 0 aliphatic heterocycles. The standard InChI is InChI=1S/C10H18Cl2O2/c11-5-6-13-7-8-14-10-4-2-1-3-9(10)12/h9-10H,1-8H2. The molecule has 0 N–H and O–H groups in total. The van der Waals surface area contributed by atoms with E-state index in [0.717, 1.165) is 12.8 Å². The van der Waals surface area contributed by atoms with Crippen LogP contribution in [0.15, 0.2) is 0 Å². The van der Waals surface area contributed by atoms with Crippen molar-refractivity contribution in [1.82, 2.24) is 0 Å². The lowest BCUT2D eigenvalue weighted by atomic mass is 9.97. The van der Waals surface area contributed by atoms with Gasteiger partial charge in [-0.1, -0.05) is 12.8 Å². The van der Waals surface area contributed by atoms with Crippen molar-refractivity contribution in [3.63, 3.8) is 0 Å². The third-order valence-electron chi connectivity index (χ3n) is 2.40. The number of halogens is 2. The molecule has 1 saturated carbocycles. The van der Waals surface area contributed by atoms with Crippen LogP contribution >= 0.6 is 23.2 Å². The maximum atomic E-state index is 6.14. The molecular formula is C10H18Cl2O2. The van der Waals surface area contributed by atoms with E-state index in [-0.39, 0.29) is 11.5 Å². The molecule has 0 aromatic carbocycles. The number of hydrogen-bond acceptors (Lipinski definition) is 2. The average molecular weight is 241 g/mol. The van der Waals surface area contributed by atoms with Crippen LogP contribution in [0.4, 0.5) is 0 Å². The molecule has 0 aromatic rings. The summed E-state index contributed by atoms with van der Waals surface area (Å²) in [4.78, 5) is 0. The van der Waals surface area contributed by atoms with Crippen LogP contribution in [0.2, 0.25) is 0 Å². The molecule has 0 radical (unpaired) electrons. The van der Waals surface area contributed by atoms with E-state index >= 15 is 0 Å². The van der Waals surface area contributed by atoms with E-state index in [4.69, 9.17) is 32.7 Å². The van der Waals surface area contributed by atoms with E-state index in [1.807, 2.05) is 0 Å². The molecule has 1 fully saturated rings. The SMILES string of the molecule is ClCCOCCOC1CCCCC1Cl. The van der Waals surface area contributed by atoms with Gasteiger partial charge in [0.15, 0.2) is 0 Å². The lowest BCUT2D eigenvalue weighted by molar-refractivity contribution is -0.00545. The van der Waals surface area contributed by atoms with Gasteiger partial charge in [0.1, 0.15) is 0 Å². The van der Waals surface area contributed by atoms with Crippen molar-refractivity contribution in [3.8, 4) is 0 Å².